The maximum Gasteiger partial charge on any atom is 0.325 e. The molecular weight excluding hydrogens is 440 g/mol. The van der Waals surface area contributed by atoms with E-state index in [-0.39, 0.29) is 22.8 Å². The number of thiophene rings is 1. The molecule has 1 aliphatic heterocycles. The van der Waals surface area contributed by atoms with Crippen LogP contribution in [0.15, 0.2) is 36.4 Å². The Morgan fingerprint density at radius 3 is 2.55 bits per heavy atom. The fourth-order valence-corrected chi connectivity index (χ4v) is 6.46. The molecule has 33 heavy (non-hydrogen) atoms. The first kappa shape index (κ1) is 23.0. The highest BCUT2D eigenvalue weighted by atomic mass is 32.1. The van der Waals surface area contributed by atoms with Gasteiger partial charge in [0.2, 0.25) is 5.91 Å². The molecule has 1 aromatic heterocycles. The van der Waals surface area contributed by atoms with E-state index in [1.165, 1.54) is 11.3 Å². The summed E-state index contributed by atoms with van der Waals surface area (Å²) < 4.78 is 0. The van der Waals surface area contributed by atoms with Gasteiger partial charge in [0.25, 0.3) is 11.8 Å². The summed E-state index contributed by atoms with van der Waals surface area (Å²) in [5.74, 6) is -1.33. The van der Waals surface area contributed by atoms with Crippen LogP contribution in [0.25, 0.3) is 10.4 Å². The number of benzene rings is 1. The zero-order valence-corrected chi connectivity index (χ0v) is 19.8. The van der Waals surface area contributed by atoms with Crippen molar-refractivity contribution in [3.63, 3.8) is 0 Å². The number of imide groups is 1. The standard InChI is InChI=1S/C24H28N4O4S/c1-14-10-23(2,3)13-24(11-14)21(31)28(22(32)27-24)12-18(29)26-20-16(19(25)30)9-17(33-20)15-7-5-4-6-8-15/h4-9,14H,10-13H2,1-3H3,(H2,25,30)(H,26,29)(H,27,32)/t14-,24+/m1/s1. The van der Waals surface area contributed by atoms with E-state index in [1.807, 2.05) is 30.3 Å². The van der Waals surface area contributed by atoms with Crippen LogP contribution in [0.5, 0.6) is 0 Å². The lowest BCUT2D eigenvalue weighted by molar-refractivity contribution is -0.136. The molecule has 5 amide bonds. The van der Waals surface area contributed by atoms with Gasteiger partial charge in [0.05, 0.1) is 5.56 Å². The Kier molecular flexibility index (Phi) is 5.78. The van der Waals surface area contributed by atoms with Gasteiger partial charge in [-0.05, 0) is 42.2 Å². The molecule has 2 heterocycles. The summed E-state index contributed by atoms with van der Waals surface area (Å²) in [6, 6.07) is 10.5. The molecule has 2 aliphatic rings. The second kappa shape index (κ2) is 8.30. The van der Waals surface area contributed by atoms with Gasteiger partial charge in [-0.15, -0.1) is 11.3 Å². The highest BCUT2D eigenvalue weighted by Gasteiger charge is 2.56. The van der Waals surface area contributed by atoms with Crippen LogP contribution in [0.3, 0.4) is 0 Å². The predicted octanol–water partition coefficient (Wildman–Crippen LogP) is 3.59. The van der Waals surface area contributed by atoms with E-state index in [0.717, 1.165) is 21.8 Å². The van der Waals surface area contributed by atoms with E-state index in [4.69, 9.17) is 5.73 Å². The molecule has 1 aromatic carbocycles. The van der Waals surface area contributed by atoms with Crippen molar-refractivity contribution in [1.82, 2.24) is 10.2 Å². The third-order valence-corrected chi connectivity index (χ3v) is 7.33. The number of amides is 5. The van der Waals surface area contributed by atoms with Gasteiger partial charge >= 0.3 is 6.03 Å². The Morgan fingerprint density at radius 1 is 1.21 bits per heavy atom. The molecule has 4 N–H and O–H groups in total. The monoisotopic (exact) mass is 468 g/mol. The van der Waals surface area contributed by atoms with E-state index in [1.54, 1.807) is 6.07 Å². The summed E-state index contributed by atoms with van der Waals surface area (Å²) in [6.45, 7) is 5.82. The van der Waals surface area contributed by atoms with E-state index in [9.17, 15) is 19.2 Å². The van der Waals surface area contributed by atoms with Crippen LogP contribution in [0.2, 0.25) is 0 Å². The van der Waals surface area contributed by atoms with Crippen molar-refractivity contribution in [2.45, 2.75) is 45.6 Å². The highest BCUT2D eigenvalue weighted by molar-refractivity contribution is 7.20. The number of hydrogen-bond donors (Lipinski definition) is 3. The molecule has 8 nitrogen and oxygen atoms in total. The highest BCUT2D eigenvalue weighted by Crippen LogP contribution is 2.46. The van der Waals surface area contributed by atoms with Crippen molar-refractivity contribution >= 4 is 40.1 Å². The molecule has 0 radical (unpaired) electrons. The van der Waals surface area contributed by atoms with E-state index in [2.05, 4.69) is 31.4 Å². The number of nitrogens with zero attached hydrogens (tertiary/aromatic N) is 1. The van der Waals surface area contributed by atoms with Gasteiger partial charge in [-0.3, -0.25) is 19.3 Å². The van der Waals surface area contributed by atoms with Crippen molar-refractivity contribution in [1.29, 1.82) is 0 Å². The first-order valence-electron chi connectivity index (χ1n) is 10.9. The van der Waals surface area contributed by atoms with Crippen LogP contribution in [-0.4, -0.2) is 40.7 Å². The first-order valence-corrected chi connectivity index (χ1v) is 11.7. The number of carbonyl (C=O) groups excluding carboxylic acids is 4. The molecule has 2 aromatic rings. The molecule has 2 fully saturated rings. The van der Waals surface area contributed by atoms with Crippen LogP contribution in [0, 0.1) is 11.3 Å². The van der Waals surface area contributed by atoms with Gasteiger partial charge in [-0.1, -0.05) is 51.1 Å². The third kappa shape index (κ3) is 4.50. The fourth-order valence-electron chi connectivity index (χ4n) is 5.37. The Labute approximate surface area is 196 Å². The maximum absolute atomic E-state index is 13.3. The molecule has 4 rings (SSSR count). The van der Waals surface area contributed by atoms with Crippen LogP contribution in [0.4, 0.5) is 9.80 Å². The van der Waals surface area contributed by atoms with Crippen molar-refractivity contribution in [2.75, 3.05) is 11.9 Å². The summed E-state index contributed by atoms with van der Waals surface area (Å²) in [6.07, 6.45) is 2.05. The minimum Gasteiger partial charge on any atom is -0.366 e. The Balaban J connectivity index is 1.51. The van der Waals surface area contributed by atoms with E-state index >= 15 is 0 Å². The summed E-state index contributed by atoms with van der Waals surface area (Å²) >= 11 is 1.21. The largest absolute Gasteiger partial charge is 0.366 e. The number of rotatable bonds is 5. The van der Waals surface area contributed by atoms with Crippen molar-refractivity contribution in [3.05, 3.63) is 42.0 Å². The summed E-state index contributed by atoms with van der Waals surface area (Å²) in [4.78, 5) is 52.4. The van der Waals surface area contributed by atoms with Crippen molar-refractivity contribution < 1.29 is 19.2 Å². The molecular formula is C24H28N4O4S. The molecule has 1 saturated heterocycles. The van der Waals surface area contributed by atoms with Gasteiger partial charge in [0.1, 0.15) is 17.1 Å². The Morgan fingerprint density at radius 2 is 1.91 bits per heavy atom. The van der Waals surface area contributed by atoms with Gasteiger partial charge in [-0.2, -0.15) is 0 Å². The number of primary amides is 1. The Bertz CT molecular complexity index is 1130. The molecule has 0 unspecified atom stereocenters. The molecule has 9 heteroatoms. The summed E-state index contributed by atoms with van der Waals surface area (Å²) in [5.41, 5.74) is 5.51. The topological polar surface area (TPSA) is 122 Å². The van der Waals surface area contributed by atoms with Crippen LogP contribution in [0.1, 0.15) is 50.4 Å². The number of hydrogen-bond acceptors (Lipinski definition) is 5. The minimum atomic E-state index is -0.972. The molecule has 1 spiro atoms. The molecule has 174 valence electrons. The fraction of sp³-hybridized carbons (Fsp3) is 0.417. The second-order valence-electron chi connectivity index (χ2n) is 9.89. The third-order valence-electron chi connectivity index (χ3n) is 6.23. The van der Waals surface area contributed by atoms with Crippen LogP contribution in [-0.2, 0) is 9.59 Å². The van der Waals surface area contributed by atoms with E-state index in [0.29, 0.717) is 17.8 Å². The number of anilines is 1. The Hall–Kier alpha value is -3.20. The lowest BCUT2D eigenvalue weighted by Crippen LogP contribution is -2.54. The zero-order chi connectivity index (χ0) is 24.0. The average molecular weight is 469 g/mol. The smallest absolute Gasteiger partial charge is 0.325 e. The summed E-state index contributed by atoms with van der Waals surface area (Å²) in [7, 11) is 0. The van der Waals surface area contributed by atoms with Gasteiger partial charge in [-0.25, -0.2) is 4.79 Å². The molecule has 1 saturated carbocycles. The number of nitrogens with two attached hydrogens (primary N) is 1. The maximum atomic E-state index is 13.3. The number of urea groups is 1. The second-order valence-corrected chi connectivity index (χ2v) is 10.9. The number of carbonyl (C=O) groups is 4. The van der Waals surface area contributed by atoms with Crippen molar-refractivity contribution in [2.24, 2.45) is 17.1 Å². The first-order chi connectivity index (χ1) is 15.5. The van der Waals surface area contributed by atoms with Crippen LogP contribution >= 0.6 is 11.3 Å². The van der Waals surface area contributed by atoms with Gasteiger partial charge < -0.3 is 16.4 Å². The SMILES string of the molecule is C[C@@H]1CC(C)(C)C[C@]2(C1)NC(=O)N(CC(=O)Nc1sc(-c3ccccc3)cc1C(N)=O)C2=O. The van der Waals surface area contributed by atoms with Gasteiger partial charge in [0, 0.05) is 4.88 Å². The predicted molar refractivity (Wildman–Crippen MR) is 127 cm³/mol. The quantitative estimate of drug-likeness (QED) is 0.581. The normalized spacial score (nSPS) is 24.1. The van der Waals surface area contributed by atoms with E-state index < -0.39 is 29.9 Å². The molecule has 2 atom stereocenters. The molecule has 1 aliphatic carbocycles. The summed E-state index contributed by atoms with van der Waals surface area (Å²) in [5, 5.41) is 5.83. The minimum absolute atomic E-state index is 0.0972. The van der Waals surface area contributed by atoms with Crippen LogP contribution < -0.4 is 16.4 Å². The number of nitrogens with one attached hydrogen (secondary N) is 2. The van der Waals surface area contributed by atoms with Gasteiger partial charge in [0.15, 0.2) is 0 Å². The lowest BCUT2D eigenvalue weighted by Gasteiger charge is -2.43. The lowest BCUT2D eigenvalue weighted by atomic mass is 9.64. The molecule has 0 bridgehead atoms. The van der Waals surface area contributed by atoms with Crippen molar-refractivity contribution in [3.8, 4) is 10.4 Å². The average Bonchev–Trinajstić information content (AvgIpc) is 3.22. The zero-order valence-electron chi connectivity index (χ0n) is 18.9.